The van der Waals surface area contributed by atoms with Gasteiger partial charge in [-0.15, -0.1) is 0 Å². The maximum atomic E-state index is 12.5. The number of methoxy groups -OCH3 is 2. The molecule has 1 amide bonds. The van der Waals surface area contributed by atoms with Gasteiger partial charge in [0.05, 0.1) is 25.9 Å². The Morgan fingerprint density at radius 1 is 1.33 bits per heavy atom. The van der Waals surface area contributed by atoms with Crippen LogP contribution in [-0.2, 0) is 25.8 Å². The summed E-state index contributed by atoms with van der Waals surface area (Å²) in [5.74, 6) is 0.832. The third kappa shape index (κ3) is 2.80. The van der Waals surface area contributed by atoms with Gasteiger partial charge in [-0.2, -0.15) is 0 Å². The van der Waals surface area contributed by atoms with Crippen molar-refractivity contribution in [2.45, 2.75) is 17.6 Å². The summed E-state index contributed by atoms with van der Waals surface area (Å²) in [4.78, 5) is 14.1. The van der Waals surface area contributed by atoms with Crippen molar-refractivity contribution in [2.24, 2.45) is 5.92 Å². The third-order valence-corrected chi connectivity index (χ3v) is 7.83. The lowest BCUT2D eigenvalue weighted by atomic mass is 9.83. The van der Waals surface area contributed by atoms with Gasteiger partial charge in [-0.05, 0) is 24.1 Å². The van der Waals surface area contributed by atoms with Crippen LogP contribution in [0.3, 0.4) is 0 Å². The van der Waals surface area contributed by atoms with Crippen LogP contribution in [0, 0.1) is 5.92 Å². The van der Waals surface area contributed by atoms with Gasteiger partial charge in [0, 0.05) is 26.1 Å². The van der Waals surface area contributed by atoms with E-state index in [0.29, 0.717) is 18.8 Å². The van der Waals surface area contributed by atoms with Gasteiger partial charge in [0.15, 0.2) is 9.84 Å². The molecule has 2 heterocycles. The molecule has 0 aliphatic carbocycles. The second-order valence-electron chi connectivity index (χ2n) is 6.60. The van der Waals surface area contributed by atoms with Gasteiger partial charge in [0.2, 0.25) is 5.91 Å². The molecule has 1 aromatic rings. The molecule has 0 N–H and O–H groups in total. The first-order valence-corrected chi connectivity index (χ1v) is 9.69. The molecular weight excluding hydrogens is 330 g/mol. The van der Waals surface area contributed by atoms with Gasteiger partial charge in [0.25, 0.3) is 0 Å². The van der Waals surface area contributed by atoms with E-state index in [1.807, 2.05) is 24.3 Å². The van der Waals surface area contributed by atoms with Gasteiger partial charge in [0.1, 0.15) is 10.5 Å². The zero-order valence-corrected chi connectivity index (χ0v) is 14.8. The summed E-state index contributed by atoms with van der Waals surface area (Å²) in [7, 11) is 0.00557. The lowest BCUT2D eigenvalue weighted by molar-refractivity contribution is -0.137. The number of carbonyl (C=O) groups is 1. The average molecular weight is 353 g/mol. The number of nitrogens with zero attached hydrogens (tertiary/aromatic N) is 1. The largest absolute Gasteiger partial charge is 0.497 e. The normalized spacial score (nSPS) is 23.9. The number of amides is 1. The number of hydrogen-bond donors (Lipinski definition) is 0. The molecule has 7 heteroatoms. The van der Waals surface area contributed by atoms with E-state index in [4.69, 9.17) is 9.47 Å². The van der Waals surface area contributed by atoms with E-state index in [1.165, 1.54) is 0 Å². The lowest BCUT2D eigenvalue weighted by Gasteiger charge is -2.49. The molecule has 0 radical (unpaired) electrons. The quantitative estimate of drug-likeness (QED) is 0.786. The van der Waals surface area contributed by atoms with E-state index in [-0.39, 0.29) is 37.1 Å². The van der Waals surface area contributed by atoms with Gasteiger partial charge in [-0.25, -0.2) is 8.42 Å². The van der Waals surface area contributed by atoms with Crippen LogP contribution in [-0.4, -0.2) is 63.6 Å². The van der Waals surface area contributed by atoms with E-state index in [0.717, 1.165) is 5.56 Å². The van der Waals surface area contributed by atoms with Crippen LogP contribution in [0.1, 0.15) is 12.0 Å². The molecule has 0 saturated carbocycles. The first-order valence-electron chi connectivity index (χ1n) is 8.04. The standard InChI is InChI=1S/C17H23NO5S/c1-22-10-14-6-7-24(20,21)17(14)11-18(12-17)16(19)9-13-4-3-5-15(8-13)23-2/h3-5,8,14H,6-7,9-12H2,1-2H3/t14-/m1/s1. The molecule has 2 saturated heterocycles. The summed E-state index contributed by atoms with van der Waals surface area (Å²) in [6.07, 6.45) is 0.871. The Kier molecular flexibility index (Phi) is 4.57. The molecule has 0 bridgehead atoms. The van der Waals surface area contributed by atoms with E-state index in [1.54, 1.807) is 19.1 Å². The van der Waals surface area contributed by atoms with Crippen molar-refractivity contribution in [3.8, 4) is 5.75 Å². The Hall–Kier alpha value is -1.60. The topological polar surface area (TPSA) is 72.9 Å². The number of hydrogen-bond acceptors (Lipinski definition) is 5. The van der Waals surface area contributed by atoms with Crippen LogP contribution < -0.4 is 4.74 Å². The Morgan fingerprint density at radius 3 is 2.75 bits per heavy atom. The highest BCUT2D eigenvalue weighted by Crippen LogP contribution is 2.44. The molecule has 1 spiro atoms. The number of benzene rings is 1. The molecule has 2 fully saturated rings. The van der Waals surface area contributed by atoms with Crippen molar-refractivity contribution in [3.05, 3.63) is 29.8 Å². The van der Waals surface area contributed by atoms with Crippen molar-refractivity contribution in [1.82, 2.24) is 4.90 Å². The van der Waals surface area contributed by atoms with Gasteiger partial charge < -0.3 is 14.4 Å². The van der Waals surface area contributed by atoms with Gasteiger partial charge >= 0.3 is 0 Å². The highest BCUT2D eigenvalue weighted by molar-refractivity contribution is 7.93. The van der Waals surface area contributed by atoms with E-state index < -0.39 is 14.6 Å². The maximum absolute atomic E-state index is 12.5. The van der Waals surface area contributed by atoms with Crippen LogP contribution in [0.4, 0.5) is 0 Å². The van der Waals surface area contributed by atoms with Crippen LogP contribution in [0.2, 0.25) is 0 Å². The summed E-state index contributed by atoms with van der Waals surface area (Å²) in [5.41, 5.74) is 0.864. The van der Waals surface area contributed by atoms with Gasteiger partial charge in [-0.1, -0.05) is 12.1 Å². The van der Waals surface area contributed by atoms with Crippen molar-refractivity contribution < 1.29 is 22.7 Å². The molecule has 6 nitrogen and oxygen atoms in total. The molecule has 0 unspecified atom stereocenters. The molecule has 2 aliphatic rings. The summed E-state index contributed by atoms with van der Waals surface area (Å²) >= 11 is 0. The first-order chi connectivity index (χ1) is 11.4. The molecule has 132 valence electrons. The van der Waals surface area contributed by atoms with Crippen molar-refractivity contribution in [3.63, 3.8) is 0 Å². The fourth-order valence-electron chi connectivity index (χ4n) is 3.75. The molecular formula is C17H23NO5S. The number of sulfone groups is 1. The van der Waals surface area contributed by atoms with Gasteiger partial charge in [-0.3, -0.25) is 4.79 Å². The van der Waals surface area contributed by atoms with Crippen LogP contribution in [0.25, 0.3) is 0 Å². The Bertz CT molecular complexity index is 724. The lowest BCUT2D eigenvalue weighted by Crippen LogP contribution is -2.69. The molecule has 0 aromatic heterocycles. The minimum atomic E-state index is -3.17. The van der Waals surface area contributed by atoms with E-state index >= 15 is 0 Å². The fourth-order valence-corrected chi connectivity index (χ4v) is 6.15. The zero-order valence-electron chi connectivity index (χ0n) is 14.0. The number of ether oxygens (including phenoxy) is 2. The SMILES string of the molecule is COC[C@H]1CCS(=O)(=O)C12CN(C(=O)Cc1cccc(OC)c1)C2. The van der Waals surface area contributed by atoms with Crippen molar-refractivity contribution >= 4 is 15.7 Å². The Labute approximate surface area is 142 Å². The zero-order chi connectivity index (χ0) is 17.4. The summed E-state index contributed by atoms with van der Waals surface area (Å²) in [5, 5.41) is 0. The highest BCUT2D eigenvalue weighted by Gasteiger charge is 2.62. The summed E-state index contributed by atoms with van der Waals surface area (Å²) < 4.78 is 34.5. The van der Waals surface area contributed by atoms with Crippen molar-refractivity contribution in [1.29, 1.82) is 0 Å². The summed E-state index contributed by atoms with van der Waals surface area (Å²) in [6.45, 7) is 0.996. The first kappa shape index (κ1) is 17.2. The van der Waals surface area contributed by atoms with Crippen LogP contribution >= 0.6 is 0 Å². The molecule has 1 aromatic carbocycles. The predicted molar refractivity (Wildman–Crippen MR) is 89.8 cm³/mol. The third-order valence-electron chi connectivity index (χ3n) is 5.23. The minimum absolute atomic E-state index is 0.0200. The molecule has 2 aliphatic heterocycles. The maximum Gasteiger partial charge on any atom is 0.227 e. The number of rotatable bonds is 5. The fraction of sp³-hybridized carbons (Fsp3) is 0.588. The second kappa shape index (κ2) is 6.37. The van der Waals surface area contributed by atoms with Crippen LogP contribution in [0.5, 0.6) is 5.75 Å². The van der Waals surface area contributed by atoms with E-state index in [2.05, 4.69) is 0 Å². The highest BCUT2D eigenvalue weighted by atomic mass is 32.2. The second-order valence-corrected chi connectivity index (χ2v) is 9.05. The van der Waals surface area contributed by atoms with Crippen LogP contribution in [0.15, 0.2) is 24.3 Å². The number of likely N-dealkylation sites (tertiary alicyclic amines) is 1. The summed E-state index contributed by atoms with van der Waals surface area (Å²) in [6, 6.07) is 7.37. The molecule has 24 heavy (non-hydrogen) atoms. The monoisotopic (exact) mass is 353 g/mol. The average Bonchev–Trinajstić information content (AvgIpc) is 2.77. The Morgan fingerprint density at radius 2 is 2.08 bits per heavy atom. The minimum Gasteiger partial charge on any atom is -0.497 e. The van der Waals surface area contributed by atoms with E-state index in [9.17, 15) is 13.2 Å². The number of carbonyl (C=O) groups excluding carboxylic acids is 1. The predicted octanol–water partition coefficient (Wildman–Crippen LogP) is 0.900. The Balaban J connectivity index is 1.67. The molecule has 1 atom stereocenters. The molecule has 3 rings (SSSR count). The van der Waals surface area contributed by atoms with Crippen molar-refractivity contribution in [2.75, 3.05) is 39.7 Å². The smallest absolute Gasteiger partial charge is 0.227 e.